The molecule has 168 valence electrons. The number of esters is 1. The van der Waals surface area contributed by atoms with Crippen LogP contribution in [0.3, 0.4) is 0 Å². The fourth-order valence-corrected chi connectivity index (χ4v) is 3.04. The molecule has 0 heterocycles. The first kappa shape index (κ1) is 24.9. The van der Waals surface area contributed by atoms with Crippen molar-refractivity contribution in [3.05, 3.63) is 95.6 Å². The van der Waals surface area contributed by atoms with E-state index < -0.39 is 5.97 Å². The third-order valence-corrected chi connectivity index (χ3v) is 5.12. The SMILES string of the molecule is C=C[C@](C)(/C=C/c1cccc(OC(=O)/C=C/c2ccc(O)c(CO)c2)c1)CCC=C(C)C. The molecule has 0 saturated heterocycles. The Hall–Kier alpha value is -3.37. The monoisotopic (exact) mass is 432 g/mol. The standard InChI is InChI=1S/C28H32O4/c1-5-28(4,16-7-8-21(2)3)17-15-22-9-6-10-25(19-22)32-27(31)14-12-23-11-13-26(30)24(18-23)20-29/h5-6,8-15,17-19,29-30H,1,7,16,20H2,2-4H3/b14-12+,17-15+/t28-/m0/s1. The van der Waals surface area contributed by atoms with E-state index in [9.17, 15) is 15.0 Å². The van der Waals surface area contributed by atoms with Gasteiger partial charge >= 0.3 is 5.97 Å². The van der Waals surface area contributed by atoms with E-state index in [0.29, 0.717) is 16.9 Å². The number of hydrogen-bond donors (Lipinski definition) is 2. The molecule has 1 atom stereocenters. The number of carbonyl (C=O) groups is 1. The van der Waals surface area contributed by atoms with Crippen molar-refractivity contribution >= 4 is 18.1 Å². The van der Waals surface area contributed by atoms with Crippen LogP contribution in [0.15, 0.2) is 78.9 Å². The lowest BCUT2D eigenvalue weighted by atomic mass is 9.84. The van der Waals surface area contributed by atoms with Gasteiger partial charge in [-0.15, -0.1) is 6.58 Å². The predicted octanol–water partition coefficient (Wildman–Crippen LogP) is 6.46. The zero-order valence-corrected chi connectivity index (χ0v) is 19.0. The number of aliphatic hydroxyl groups excluding tert-OH is 1. The van der Waals surface area contributed by atoms with Crippen LogP contribution in [-0.2, 0) is 11.4 Å². The number of ether oxygens (including phenoxy) is 1. The second-order valence-electron chi connectivity index (χ2n) is 8.24. The van der Waals surface area contributed by atoms with Gasteiger partial charge in [0.25, 0.3) is 0 Å². The molecule has 0 aliphatic carbocycles. The molecule has 0 unspecified atom stereocenters. The van der Waals surface area contributed by atoms with Crippen LogP contribution < -0.4 is 4.74 Å². The van der Waals surface area contributed by atoms with Crippen molar-refractivity contribution in [1.29, 1.82) is 0 Å². The first-order valence-electron chi connectivity index (χ1n) is 10.6. The van der Waals surface area contributed by atoms with E-state index in [1.165, 1.54) is 17.7 Å². The maximum atomic E-state index is 12.2. The second kappa shape index (κ2) is 11.9. The number of aliphatic hydroxyl groups is 1. The van der Waals surface area contributed by atoms with Gasteiger partial charge in [-0.25, -0.2) is 4.79 Å². The van der Waals surface area contributed by atoms with Crippen molar-refractivity contribution in [3.8, 4) is 11.5 Å². The highest BCUT2D eigenvalue weighted by Gasteiger charge is 2.15. The maximum Gasteiger partial charge on any atom is 0.336 e. The summed E-state index contributed by atoms with van der Waals surface area (Å²) in [7, 11) is 0. The molecular formula is C28H32O4. The van der Waals surface area contributed by atoms with Gasteiger partial charge in [0.1, 0.15) is 11.5 Å². The summed E-state index contributed by atoms with van der Waals surface area (Å²) in [5.74, 6) is -0.0441. The summed E-state index contributed by atoms with van der Waals surface area (Å²) in [6.45, 7) is 10.0. The number of carbonyl (C=O) groups excluding carboxylic acids is 1. The Kier molecular flexibility index (Phi) is 9.23. The van der Waals surface area contributed by atoms with Gasteiger partial charge in [0.15, 0.2) is 0 Å². The molecular weight excluding hydrogens is 400 g/mol. The molecule has 0 aliphatic heterocycles. The molecule has 0 amide bonds. The number of phenols is 1. The predicted molar refractivity (Wildman–Crippen MR) is 131 cm³/mol. The van der Waals surface area contributed by atoms with Crippen LogP contribution >= 0.6 is 0 Å². The minimum absolute atomic E-state index is 0.0154. The highest BCUT2D eigenvalue weighted by Crippen LogP contribution is 2.28. The van der Waals surface area contributed by atoms with E-state index in [2.05, 4.69) is 39.5 Å². The van der Waals surface area contributed by atoms with Gasteiger partial charge in [-0.3, -0.25) is 0 Å². The lowest BCUT2D eigenvalue weighted by Crippen LogP contribution is -2.08. The smallest absolute Gasteiger partial charge is 0.336 e. The average Bonchev–Trinajstić information content (AvgIpc) is 2.77. The fraction of sp³-hybridized carbons (Fsp3) is 0.250. The molecule has 2 aromatic carbocycles. The summed E-state index contributed by atoms with van der Waals surface area (Å²) >= 11 is 0. The summed E-state index contributed by atoms with van der Waals surface area (Å²) in [5.41, 5.74) is 3.19. The van der Waals surface area contributed by atoms with Crippen molar-refractivity contribution in [2.45, 2.75) is 40.2 Å². The van der Waals surface area contributed by atoms with Gasteiger partial charge in [0.2, 0.25) is 0 Å². The average molecular weight is 433 g/mol. The summed E-state index contributed by atoms with van der Waals surface area (Å²) < 4.78 is 5.42. The van der Waals surface area contributed by atoms with Crippen LogP contribution in [0.25, 0.3) is 12.2 Å². The molecule has 0 fully saturated rings. The molecule has 2 N–H and O–H groups in total. The molecule has 0 saturated carbocycles. The van der Waals surface area contributed by atoms with E-state index in [1.807, 2.05) is 30.4 Å². The van der Waals surface area contributed by atoms with E-state index in [1.54, 1.807) is 24.3 Å². The Morgan fingerprint density at radius 2 is 1.88 bits per heavy atom. The van der Waals surface area contributed by atoms with Crippen molar-refractivity contribution in [3.63, 3.8) is 0 Å². The van der Waals surface area contributed by atoms with Crippen molar-refractivity contribution in [1.82, 2.24) is 0 Å². The third-order valence-electron chi connectivity index (χ3n) is 5.12. The minimum atomic E-state index is -0.512. The molecule has 2 aromatic rings. The molecule has 4 heteroatoms. The quantitative estimate of drug-likeness (QED) is 0.196. The van der Waals surface area contributed by atoms with E-state index in [-0.39, 0.29) is 17.8 Å². The van der Waals surface area contributed by atoms with Crippen LogP contribution in [0.1, 0.15) is 50.3 Å². The topological polar surface area (TPSA) is 66.8 Å². The lowest BCUT2D eigenvalue weighted by Gasteiger charge is -2.20. The normalized spacial score (nSPS) is 13.1. The van der Waals surface area contributed by atoms with Gasteiger partial charge in [0, 0.05) is 17.1 Å². The van der Waals surface area contributed by atoms with Crippen LogP contribution in [0.4, 0.5) is 0 Å². The highest BCUT2D eigenvalue weighted by molar-refractivity contribution is 5.88. The first-order chi connectivity index (χ1) is 15.2. The molecule has 2 rings (SSSR count). The first-order valence-corrected chi connectivity index (χ1v) is 10.6. The molecule has 32 heavy (non-hydrogen) atoms. The van der Waals surface area contributed by atoms with Crippen LogP contribution in [0, 0.1) is 5.41 Å². The van der Waals surface area contributed by atoms with Gasteiger partial charge in [-0.05, 0) is 68.2 Å². The Balaban J connectivity index is 2.04. The zero-order chi connectivity index (χ0) is 23.6. The summed E-state index contributed by atoms with van der Waals surface area (Å²) in [6.07, 6.45) is 13.2. The molecule has 0 aliphatic rings. The molecule has 0 aromatic heterocycles. The fourth-order valence-electron chi connectivity index (χ4n) is 3.04. The number of rotatable bonds is 10. The maximum absolute atomic E-state index is 12.2. The zero-order valence-electron chi connectivity index (χ0n) is 19.0. The number of benzene rings is 2. The van der Waals surface area contributed by atoms with Gasteiger partial charge in [-0.1, -0.05) is 55.0 Å². The molecule has 0 radical (unpaired) electrons. The van der Waals surface area contributed by atoms with Crippen LogP contribution in [-0.4, -0.2) is 16.2 Å². The minimum Gasteiger partial charge on any atom is -0.508 e. The molecule has 4 nitrogen and oxygen atoms in total. The summed E-state index contributed by atoms with van der Waals surface area (Å²) in [5, 5.41) is 18.8. The summed E-state index contributed by atoms with van der Waals surface area (Å²) in [4.78, 5) is 12.2. The van der Waals surface area contributed by atoms with E-state index >= 15 is 0 Å². The van der Waals surface area contributed by atoms with Crippen molar-refractivity contribution in [2.75, 3.05) is 0 Å². The van der Waals surface area contributed by atoms with Gasteiger partial charge < -0.3 is 14.9 Å². The van der Waals surface area contributed by atoms with Crippen molar-refractivity contribution < 1.29 is 19.7 Å². The largest absolute Gasteiger partial charge is 0.508 e. The van der Waals surface area contributed by atoms with Gasteiger partial charge in [-0.2, -0.15) is 0 Å². The number of aromatic hydroxyl groups is 1. The third kappa shape index (κ3) is 8.05. The Morgan fingerprint density at radius 1 is 1.12 bits per heavy atom. The second-order valence-corrected chi connectivity index (χ2v) is 8.24. The van der Waals surface area contributed by atoms with Gasteiger partial charge in [0.05, 0.1) is 6.61 Å². The Morgan fingerprint density at radius 3 is 2.56 bits per heavy atom. The Bertz CT molecular complexity index is 1030. The van der Waals surface area contributed by atoms with E-state index in [4.69, 9.17) is 4.74 Å². The molecule has 0 spiro atoms. The van der Waals surface area contributed by atoms with E-state index in [0.717, 1.165) is 18.4 Å². The van der Waals surface area contributed by atoms with Crippen molar-refractivity contribution in [2.24, 2.45) is 5.41 Å². The summed E-state index contributed by atoms with van der Waals surface area (Å²) in [6, 6.07) is 12.1. The number of hydrogen-bond acceptors (Lipinski definition) is 4. The Labute approximate surface area is 190 Å². The lowest BCUT2D eigenvalue weighted by molar-refractivity contribution is -0.128. The highest BCUT2D eigenvalue weighted by atomic mass is 16.5. The van der Waals surface area contributed by atoms with Crippen LogP contribution in [0.5, 0.6) is 11.5 Å². The molecule has 0 bridgehead atoms. The van der Waals surface area contributed by atoms with Crippen LogP contribution in [0.2, 0.25) is 0 Å². The number of allylic oxidation sites excluding steroid dienone is 4.